The van der Waals surface area contributed by atoms with E-state index in [1.54, 1.807) is 36.5 Å². The average Bonchev–Trinajstić information content (AvgIpc) is 2.91. The second-order valence-corrected chi connectivity index (χ2v) is 5.04. The van der Waals surface area contributed by atoms with Crippen LogP contribution in [0.4, 0.5) is 0 Å². The summed E-state index contributed by atoms with van der Waals surface area (Å²) in [5.74, 6) is -0.581. The van der Waals surface area contributed by atoms with Gasteiger partial charge in [-0.05, 0) is 30.2 Å². The molecule has 2 N–H and O–H groups in total. The number of aryl methyl sites for hydroxylation is 1. The molecule has 0 fully saturated rings. The van der Waals surface area contributed by atoms with Crippen molar-refractivity contribution in [3.8, 4) is 5.75 Å². The lowest BCUT2D eigenvalue weighted by Crippen LogP contribution is -2.26. The number of amides is 1. The van der Waals surface area contributed by atoms with Crippen LogP contribution in [0.25, 0.3) is 0 Å². The molecule has 2 rings (SSSR count). The molecule has 116 valence electrons. The molecule has 0 saturated carbocycles. The van der Waals surface area contributed by atoms with E-state index in [0.29, 0.717) is 17.9 Å². The van der Waals surface area contributed by atoms with Crippen molar-refractivity contribution in [2.24, 2.45) is 0 Å². The van der Waals surface area contributed by atoms with Crippen molar-refractivity contribution in [2.75, 3.05) is 13.7 Å². The summed E-state index contributed by atoms with van der Waals surface area (Å²) in [5, 5.41) is 8.55. The molecular formula is C16H18N2O4. The first kappa shape index (κ1) is 15.6. The first-order valence-corrected chi connectivity index (χ1v) is 6.79. The number of hydrogen-bond donors (Lipinski definition) is 2. The lowest BCUT2D eigenvalue weighted by Gasteiger charge is -2.17. The molecule has 1 aromatic heterocycles. The normalized spacial score (nSPS) is 10.3. The van der Waals surface area contributed by atoms with Gasteiger partial charge in [-0.3, -0.25) is 4.79 Å². The molecule has 0 radical (unpaired) electrons. The fourth-order valence-corrected chi connectivity index (χ4v) is 2.06. The first-order valence-electron chi connectivity index (χ1n) is 6.79. The second-order valence-electron chi connectivity index (χ2n) is 5.04. The van der Waals surface area contributed by atoms with E-state index >= 15 is 0 Å². The molecule has 0 aliphatic carbocycles. The van der Waals surface area contributed by atoms with Crippen molar-refractivity contribution in [3.63, 3.8) is 0 Å². The molecule has 22 heavy (non-hydrogen) atoms. The van der Waals surface area contributed by atoms with E-state index in [-0.39, 0.29) is 12.5 Å². The average molecular weight is 302 g/mol. The minimum atomic E-state index is -1.02. The highest BCUT2D eigenvalue weighted by Crippen LogP contribution is 2.15. The number of aromatic amines is 1. The monoisotopic (exact) mass is 302 g/mol. The van der Waals surface area contributed by atoms with Gasteiger partial charge >= 0.3 is 5.97 Å². The maximum Gasteiger partial charge on any atom is 0.341 e. The van der Waals surface area contributed by atoms with Crippen LogP contribution in [0.15, 0.2) is 36.7 Å². The van der Waals surface area contributed by atoms with E-state index in [1.807, 2.05) is 19.1 Å². The predicted molar refractivity (Wildman–Crippen MR) is 80.9 cm³/mol. The van der Waals surface area contributed by atoms with Gasteiger partial charge in [0.15, 0.2) is 6.61 Å². The summed E-state index contributed by atoms with van der Waals surface area (Å²) in [6, 6.07) is 7.01. The smallest absolute Gasteiger partial charge is 0.341 e. The third-order valence-electron chi connectivity index (χ3n) is 3.23. The Morgan fingerprint density at radius 3 is 2.45 bits per heavy atom. The Morgan fingerprint density at radius 2 is 1.91 bits per heavy atom. The number of ether oxygens (including phenoxy) is 1. The summed E-state index contributed by atoms with van der Waals surface area (Å²) >= 11 is 0. The Balaban J connectivity index is 1.97. The molecule has 1 amide bonds. The summed E-state index contributed by atoms with van der Waals surface area (Å²) in [6.07, 6.45) is 3.48. The zero-order chi connectivity index (χ0) is 16.1. The Hall–Kier alpha value is -2.76. The largest absolute Gasteiger partial charge is 0.482 e. The van der Waals surface area contributed by atoms with Gasteiger partial charge in [-0.25, -0.2) is 4.79 Å². The molecular weight excluding hydrogens is 284 g/mol. The number of benzene rings is 1. The topological polar surface area (TPSA) is 82.6 Å². The van der Waals surface area contributed by atoms with E-state index in [0.717, 1.165) is 11.1 Å². The molecule has 0 aliphatic rings. The van der Waals surface area contributed by atoms with Crippen molar-refractivity contribution in [2.45, 2.75) is 13.5 Å². The third-order valence-corrected chi connectivity index (χ3v) is 3.23. The number of nitrogens with zero attached hydrogens (tertiary/aromatic N) is 1. The number of aliphatic carboxylic acids is 1. The summed E-state index contributed by atoms with van der Waals surface area (Å²) in [4.78, 5) is 27.3. The molecule has 1 aromatic carbocycles. The highest BCUT2D eigenvalue weighted by molar-refractivity contribution is 5.95. The van der Waals surface area contributed by atoms with Gasteiger partial charge in [-0.1, -0.05) is 12.1 Å². The number of carboxylic acid groups (broad SMARTS) is 1. The Kier molecular flexibility index (Phi) is 4.83. The van der Waals surface area contributed by atoms with Gasteiger partial charge < -0.3 is 19.7 Å². The molecule has 6 nitrogen and oxygen atoms in total. The number of nitrogens with one attached hydrogen (secondary N) is 1. The number of carboxylic acids is 1. The molecule has 0 spiro atoms. The van der Waals surface area contributed by atoms with E-state index in [2.05, 4.69) is 4.98 Å². The zero-order valence-corrected chi connectivity index (χ0v) is 12.5. The number of carbonyl (C=O) groups is 2. The van der Waals surface area contributed by atoms with Gasteiger partial charge in [0.25, 0.3) is 5.91 Å². The van der Waals surface area contributed by atoms with Crippen LogP contribution in [-0.4, -0.2) is 40.5 Å². The Labute approximate surface area is 128 Å². The van der Waals surface area contributed by atoms with E-state index in [9.17, 15) is 9.59 Å². The van der Waals surface area contributed by atoms with Gasteiger partial charge in [0.1, 0.15) is 5.75 Å². The number of H-pyrrole nitrogens is 1. The number of carbonyl (C=O) groups excluding carboxylic acids is 1. The summed E-state index contributed by atoms with van der Waals surface area (Å²) in [5.41, 5.74) is 2.50. The zero-order valence-electron chi connectivity index (χ0n) is 12.5. The van der Waals surface area contributed by atoms with Crippen LogP contribution in [0.3, 0.4) is 0 Å². The summed E-state index contributed by atoms with van der Waals surface area (Å²) < 4.78 is 5.07. The molecule has 0 saturated heterocycles. The van der Waals surface area contributed by atoms with Crippen LogP contribution in [-0.2, 0) is 11.3 Å². The SMILES string of the molecule is Cc1c[nH]cc1C(=O)N(C)Cc1ccc(OCC(=O)O)cc1. The predicted octanol–water partition coefficient (Wildman–Crippen LogP) is 2.06. The minimum Gasteiger partial charge on any atom is -0.482 e. The van der Waals surface area contributed by atoms with Crippen molar-refractivity contribution >= 4 is 11.9 Å². The minimum absolute atomic E-state index is 0.0510. The van der Waals surface area contributed by atoms with Crippen molar-refractivity contribution < 1.29 is 19.4 Å². The van der Waals surface area contributed by atoms with E-state index in [4.69, 9.17) is 9.84 Å². The maximum atomic E-state index is 12.3. The summed E-state index contributed by atoms with van der Waals surface area (Å²) in [6.45, 7) is 1.97. The van der Waals surface area contributed by atoms with Gasteiger partial charge in [-0.15, -0.1) is 0 Å². The molecule has 1 heterocycles. The van der Waals surface area contributed by atoms with Gasteiger partial charge in [0, 0.05) is 26.0 Å². The van der Waals surface area contributed by atoms with Crippen LogP contribution in [0.5, 0.6) is 5.75 Å². The van der Waals surface area contributed by atoms with Crippen LogP contribution >= 0.6 is 0 Å². The van der Waals surface area contributed by atoms with Crippen LogP contribution in [0.2, 0.25) is 0 Å². The van der Waals surface area contributed by atoms with Gasteiger partial charge in [-0.2, -0.15) is 0 Å². The lowest BCUT2D eigenvalue weighted by atomic mass is 10.1. The molecule has 0 bridgehead atoms. The number of rotatable bonds is 6. The van der Waals surface area contributed by atoms with Crippen LogP contribution in [0.1, 0.15) is 21.5 Å². The standard InChI is InChI=1S/C16H18N2O4/c1-11-7-17-8-14(11)16(21)18(2)9-12-3-5-13(6-4-12)22-10-15(19)20/h3-8,17H,9-10H2,1-2H3,(H,19,20). The summed E-state index contributed by atoms with van der Waals surface area (Å²) in [7, 11) is 1.74. The fraction of sp³-hybridized carbons (Fsp3) is 0.250. The van der Waals surface area contributed by atoms with Gasteiger partial charge in [0.2, 0.25) is 0 Å². The molecule has 0 atom stereocenters. The van der Waals surface area contributed by atoms with Crippen LogP contribution in [0, 0.1) is 6.92 Å². The molecule has 0 aliphatic heterocycles. The molecule has 2 aromatic rings. The van der Waals surface area contributed by atoms with E-state index in [1.165, 1.54) is 0 Å². The molecule has 0 unspecified atom stereocenters. The molecule has 6 heteroatoms. The first-order chi connectivity index (χ1) is 10.5. The Bertz CT molecular complexity index is 661. The number of hydrogen-bond acceptors (Lipinski definition) is 3. The van der Waals surface area contributed by atoms with E-state index < -0.39 is 5.97 Å². The third kappa shape index (κ3) is 3.88. The van der Waals surface area contributed by atoms with Crippen molar-refractivity contribution in [1.82, 2.24) is 9.88 Å². The maximum absolute atomic E-state index is 12.3. The van der Waals surface area contributed by atoms with Crippen molar-refractivity contribution in [1.29, 1.82) is 0 Å². The fourth-order valence-electron chi connectivity index (χ4n) is 2.06. The van der Waals surface area contributed by atoms with Crippen LogP contribution < -0.4 is 4.74 Å². The highest BCUT2D eigenvalue weighted by Gasteiger charge is 2.14. The second kappa shape index (κ2) is 6.80. The quantitative estimate of drug-likeness (QED) is 0.855. The van der Waals surface area contributed by atoms with Gasteiger partial charge in [0.05, 0.1) is 5.56 Å². The lowest BCUT2D eigenvalue weighted by molar-refractivity contribution is -0.139. The number of aromatic nitrogens is 1. The van der Waals surface area contributed by atoms with Crippen molar-refractivity contribution in [3.05, 3.63) is 53.3 Å². The highest BCUT2D eigenvalue weighted by atomic mass is 16.5. The Morgan fingerprint density at radius 1 is 1.23 bits per heavy atom.